The van der Waals surface area contributed by atoms with E-state index in [2.05, 4.69) is 44.5 Å². The minimum absolute atomic E-state index is 0.932. The third kappa shape index (κ3) is 1.23. The fourth-order valence-electron chi connectivity index (χ4n) is 2.03. The zero-order valence-corrected chi connectivity index (χ0v) is 8.72. The predicted octanol–water partition coefficient (Wildman–Crippen LogP) is 1.88. The second kappa shape index (κ2) is 3.12. The molecule has 0 saturated heterocycles. The Balaban J connectivity index is 2.26. The number of imidazole rings is 2. The van der Waals surface area contributed by atoms with Crippen LogP contribution in [0.2, 0.25) is 0 Å². The van der Waals surface area contributed by atoms with Crippen molar-refractivity contribution in [2.75, 3.05) is 0 Å². The van der Waals surface area contributed by atoms with E-state index >= 15 is 0 Å². The highest BCUT2D eigenvalue weighted by molar-refractivity contribution is 5.40. The first-order valence-corrected chi connectivity index (χ1v) is 5.19. The van der Waals surface area contributed by atoms with Gasteiger partial charge in [-0.15, -0.1) is 0 Å². The molecule has 0 N–H and O–H groups in total. The maximum atomic E-state index is 4.66. The van der Waals surface area contributed by atoms with E-state index in [1.807, 2.05) is 13.2 Å². The van der Waals surface area contributed by atoms with Gasteiger partial charge in [0.2, 0.25) is 5.78 Å². The number of nitrogens with zero attached hydrogens (tertiary/aromatic N) is 3. The molecule has 0 spiro atoms. The summed E-state index contributed by atoms with van der Waals surface area (Å²) in [5.41, 5.74) is 2.51. The SMILES string of the molecule is Cn1ccn2c3c(nc12)C/C=C\C=C/C3. The van der Waals surface area contributed by atoms with Crippen LogP contribution in [0.4, 0.5) is 0 Å². The average Bonchev–Trinajstić information content (AvgIpc) is 2.68. The van der Waals surface area contributed by atoms with Gasteiger partial charge in [-0.1, -0.05) is 24.3 Å². The van der Waals surface area contributed by atoms with Crippen LogP contribution < -0.4 is 0 Å². The quantitative estimate of drug-likeness (QED) is 0.635. The van der Waals surface area contributed by atoms with Gasteiger partial charge < -0.3 is 4.57 Å². The van der Waals surface area contributed by atoms with Crippen molar-refractivity contribution in [3.8, 4) is 0 Å². The highest BCUT2D eigenvalue weighted by Crippen LogP contribution is 2.16. The number of hydrogen-bond donors (Lipinski definition) is 0. The Labute approximate surface area is 88.4 Å². The highest BCUT2D eigenvalue weighted by atomic mass is 15.2. The summed E-state index contributed by atoms with van der Waals surface area (Å²) >= 11 is 0. The lowest BCUT2D eigenvalue weighted by molar-refractivity contribution is 0.932. The number of fused-ring (bicyclic) bond motifs is 3. The molecule has 15 heavy (non-hydrogen) atoms. The predicted molar refractivity (Wildman–Crippen MR) is 59.9 cm³/mol. The fourth-order valence-corrected chi connectivity index (χ4v) is 2.03. The van der Waals surface area contributed by atoms with Crippen LogP contribution in [0.15, 0.2) is 36.7 Å². The minimum Gasteiger partial charge on any atom is -0.320 e. The van der Waals surface area contributed by atoms with Gasteiger partial charge in [0.1, 0.15) is 0 Å². The van der Waals surface area contributed by atoms with Gasteiger partial charge in [0.25, 0.3) is 0 Å². The van der Waals surface area contributed by atoms with Crippen LogP contribution in [-0.4, -0.2) is 14.0 Å². The molecule has 0 amide bonds. The largest absolute Gasteiger partial charge is 0.320 e. The van der Waals surface area contributed by atoms with Crippen molar-refractivity contribution < 1.29 is 0 Å². The first-order chi connectivity index (χ1) is 7.36. The van der Waals surface area contributed by atoms with Crippen molar-refractivity contribution in [3.05, 3.63) is 48.1 Å². The van der Waals surface area contributed by atoms with Crippen molar-refractivity contribution in [3.63, 3.8) is 0 Å². The topological polar surface area (TPSA) is 22.2 Å². The zero-order chi connectivity index (χ0) is 10.3. The molecule has 3 heteroatoms. The van der Waals surface area contributed by atoms with Crippen molar-refractivity contribution in [1.29, 1.82) is 0 Å². The maximum Gasteiger partial charge on any atom is 0.214 e. The zero-order valence-electron chi connectivity index (χ0n) is 8.72. The molecule has 3 rings (SSSR count). The summed E-state index contributed by atoms with van der Waals surface area (Å²) in [4.78, 5) is 4.66. The van der Waals surface area contributed by atoms with Crippen molar-refractivity contribution >= 4 is 5.78 Å². The van der Waals surface area contributed by atoms with Crippen LogP contribution in [0.1, 0.15) is 11.4 Å². The summed E-state index contributed by atoms with van der Waals surface area (Å²) < 4.78 is 4.23. The van der Waals surface area contributed by atoms with Crippen LogP contribution in [-0.2, 0) is 19.9 Å². The summed E-state index contributed by atoms with van der Waals surface area (Å²) in [5.74, 6) is 1.03. The molecule has 2 aromatic rings. The first kappa shape index (κ1) is 8.53. The summed E-state index contributed by atoms with van der Waals surface area (Å²) in [7, 11) is 2.03. The molecule has 3 nitrogen and oxygen atoms in total. The molecule has 0 aromatic carbocycles. The molecule has 0 fully saturated rings. The van der Waals surface area contributed by atoms with Gasteiger partial charge in [-0.3, -0.25) is 4.40 Å². The molecule has 2 aromatic heterocycles. The van der Waals surface area contributed by atoms with Gasteiger partial charge in [0.15, 0.2) is 0 Å². The van der Waals surface area contributed by atoms with Crippen LogP contribution >= 0.6 is 0 Å². The third-order valence-electron chi connectivity index (χ3n) is 2.83. The lowest BCUT2D eigenvalue weighted by Gasteiger charge is -1.99. The van der Waals surface area contributed by atoms with E-state index in [4.69, 9.17) is 0 Å². The number of rotatable bonds is 0. The fraction of sp³-hybridized carbons (Fsp3) is 0.250. The van der Waals surface area contributed by atoms with E-state index in [1.165, 1.54) is 11.4 Å². The molecular weight excluding hydrogens is 186 g/mol. The summed E-state index contributed by atoms with van der Waals surface area (Å²) in [6, 6.07) is 0. The summed E-state index contributed by atoms with van der Waals surface area (Å²) in [6.07, 6.45) is 14.5. The Morgan fingerprint density at radius 1 is 1.13 bits per heavy atom. The highest BCUT2D eigenvalue weighted by Gasteiger charge is 2.12. The molecule has 0 radical (unpaired) electrons. The number of aromatic nitrogens is 3. The van der Waals surface area contributed by atoms with Gasteiger partial charge in [0.05, 0.1) is 11.4 Å². The monoisotopic (exact) mass is 199 g/mol. The van der Waals surface area contributed by atoms with Gasteiger partial charge in [-0.2, -0.15) is 0 Å². The van der Waals surface area contributed by atoms with E-state index in [1.54, 1.807) is 0 Å². The molecule has 1 aliphatic rings. The molecule has 1 aliphatic carbocycles. The maximum absolute atomic E-state index is 4.66. The smallest absolute Gasteiger partial charge is 0.214 e. The standard InChI is InChI=1S/C12H13N3/c1-14-8-9-15-11-7-5-3-2-4-6-10(11)13-12(14)15/h2-5,8-9H,6-7H2,1H3/b4-2-,5-3-. The summed E-state index contributed by atoms with van der Waals surface area (Å²) in [6.45, 7) is 0. The Morgan fingerprint density at radius 2 is 1.93 bits per heavy atom. The minimum atomic E-state index is 0.932. The number of allylic oxidation sites excluding steroid dienone is 4. The van der Waals surface area contributed by atoms with E-state index in [-0.39, 0.29) is 0 Å². The second-order valence-corrected chi connectivity index (χ2v) is 3.85. The van der Waals surface area contributed by atoms with Crippen molar-refractivity contribution in [2.24, 2.45) is 7.05 Å². The molecule has 0 aliphatic heterocycles. The molecule has 0 saturated carbocycles. The Kier molecular flexibility index (Phi) is 1.78. The van der Waals surface area contributed by atoms with Crippen LogP contribution in [0.3, 0.4) is 0 Å². The molecular formula is C12H13N3. The third-order valence-corrected chi connectivity index (χ3v) is 2.83. The van der Waals surface area contributed by atoms with Gasteiger partial charge in [-0.05, 0) is 0 Å². The van der Waals surface area contributed by atoms with Crippen molar-refractivity contribution in [2.45, 2.75) is 12.8 Å². The van der Waals surface area contributed by atoms with E-state index < -0.39 is 0 Å². The van der Waals surface area contributed by atoms with Crippen molar-refractivity contribution in [1.82, 2.24) is 14.0 Å². The van der Waals surface area contributed by atoms with E-state index in [0.717, 1.165) is 18.6 Å². The Hall–Kier alpha value is -1.77. The van der Waals surface area contributed by atoms with Crippen LogP contribution in [0.5, 0.6) is 0 Å². The van der Waals surface area contributed by atoms with E-state index in [9.17, 15) is 0 Å². The normalized spacial score (nSPS) is 19.5. The Bertz CT molecular complexity index is 555. The molecule has 0 unspecified atom stereocenters. The van der Waals surface area contributed by atoms with Gasteiger partial charge >= 0.3 is 0 Å². The first-order valence-electron chi connectivity index (χ1n) is 5.19. The number of aryl methyl sites for hydroxylation is 1. The molecule has 0 atom stereocenters. The lowest BCUT2D eigenvalue weighted by atomic mass is 10.1. The second-order valence-electron chi connectivity index (χ2n) is 3.85. The number of hydrogen-bond acceptors (Lipinski definition) is 1. The molecule has 0 bridgehead atoms. The van der Waals surface area contributed by atoms with Crippen LogP contribution in [0, 0.1) is 0 Å². The van der Waals surface area contributed by atoms with E-state index in [0.29, 0.717) is 0 Å². The Morgan fingerprint density at radius 3 is 2.80 bits per heavy atom. The average molecular weight is 199 g/mol. The molecule has 2 heterocycles. The molecule has 76 valence electrons. The van der Waals surface area contributed by atoms with Gasteiger partial charge in [0, 0.05) is 32.3 Å². The van der Waals surface area contributed by atoms with Gasteiger partial charge in [-0.25, -0.2) is 4.98 Å². The lowest BCUT2D eigenvalue weighted by Crippen LogP contribution is -1.94. The summed E-state index contributed by atoms with van der Waals surface area (Å²) in [5, 5.41) is 0. The van der Waals surface area contributed by atoms with Crippen LogP contribution in [0.25, 0.3) is 5.78 Å².